The van der Waals surface area contributed by atoms with Crippen molar-refractivity contribution >= 4 is 51.2 Å². The molecule has 0 bridgehead atoms. The van der Waals surface area contributed by atoms with Crippen LogP contribution < -0.4 is 19.4 Å². The highest BCUT2D eigenvalue weighted by atomic mass is 32.2. The Kier molecular flexibility index (Phi) is 8.11. The molecule has 1 aromatic carbocycles. The number of hydrogen-bond donors (Lipinski definition) is 1. The summed E-state index contributed by atoms with van der Waals surface area (Å²) in [4.78, 5) is 35.8. The van der Waals surface area contributed by atoms with E-state index >= 15 is 0 Å². The Balaban J connectivity index is 1.04. The van der Waals surface area contributed by atoms with Crippen LogP contribution in [0.3, 0.4) is 0 Å². The number of amides is 1. The highest BCUT2D eigenvalue weighted by Gasteiger charge is 2.30. The van der Waals surface area contributed by atoms with Crippen LogP contribution in [0, 0.1) is 0 Å². The number of carbonyl (C=O) groups is 1. The van der Waals surface area contributed by atoms with Gasteiger partial charge in [-0.1, -0.05) is 12.1 Å². The maximum Gasteiger partial charge on any atom is 0.416 e. The third kappa shape index (κ3) is 6.48. The lowest BCUT2D eigenvalue weighted by molar-refractivity contribution is -0.137. The van der Waals surface area contributed by atoms with Crippen molar-refractivity contribution in [1.82, 2.24) is 19.9 Å². The number of thiazole rings is 1. The molecule has 3 fully saturated rings. The van der Waals surface area contributed by atoms with Gasteiger partial charge < -0.3 is 19.6 Å². The van der Waals surface area contributed by atoms with Crippen LogP contribution in [-0.2, 0) is 6.18 Å². The number of hydrogen-bond acceptors (Lipinski definition) is 10. The summed E-state index contributed by atoms with van der Waals surface area (Å²) in [6.45, 7) is 6.52. The minimum Gasteiger partial charge on any atom is -0.356 e. The van der Waals surface area contributed by atoms with Crippen molar-refractivity contribution in [3.8, 4) is 11.3 Å². The summed E-state index contributed by atoms with van der Waals surface area (Å²) >= 11 is 2.26. The normalized spacial score (nSPS) is 17.9. The molecule has 5 heterocycles. The fourth-order valence-corrected chi connectivity index (χ4v) is 6.70. The molecule has 9 nitrogen and oxygen atoms in total. The standard InChI is InChI=1S/C27H31F3N8OS2/c28-27(29,30)20-7-5-19(6-8-20)21-18-40-25(31-21)34-41-26(39)38-15-13-36(14-16-38)23-17-22(35-9-1-2-10-35)32-24(33-23)37-11-3-4-12-37/h5-8,17-18H,1-4,9-16H2,(H,31,34). The van der Waals surface area contributed by atoms with Crippen molar-refractivity contribution in [2.75, 3.05) is 71.8 Å². The maximum absolute atomic E-state index is 12.9. The van der Waals surface area contributed by atoms with Gasteiger partial charge in [-0.15, -0.1) is 11.3 Å². The number of aromatic nitrogens is 3. The average molecular weight is 605 g/mol. The van der Waals surface area contributed by atoms with E-state index in [-0.39, 0.29) is 5.24 Å². The second kappa shape index (κ2) is 11.9. The van der Waals surface area contributed by atoms with Crippen molar-refractivity contribution in [2.45, 2.75) is 31.9 Å². The molecule has 0 unspecified atom stereocenters. The van der Waals surface area contributed by atoms with Gasteiger partial charge in [-0.3, -0.25) is 9.52 Å². The number of benzene rings is 1. The molecule has 3 aliphatic rings. The fraction of sp³-hybridized carbons (Fsp3) is 0.481. The lowest BCUT2D eigenvalue weighted by Crippen LogP contribution is -2.48. The molecule has 0 spiro atoms. The summed E-state index contributed by atoms with van der Waals surface area (Å²) in [6, 6.07) is 6.98. The van der Waals surface area contributed by atoms with E-state index in [9.17, 15) is 18.0 Å². The summed E-state index contributed by atoms with van der Waals surface area (Å²) in [5.41, 5.74) is 0.439. The van der Waals surface area contributed by atoms with Gasteiger partial charge in [0.15, 0.2) is 5.13 Å². The molecule has 0 aliphatic carbocycles. The van der Waals surface area contributed by atoms with Crippen LogP contribution >= 0.6 is 23.3 Å². The number of anilines is 4. The highest BCUT2D eigenvalue weighted by Crippen LogP contribution is 2.33. The second-order valence-corrected chi connectivity index (χ2v) is 11.9. The van der Waals surface area contributed by atoms with Gasteiger partial charge in [-0.2, -0.15) is 23.1 Å². The van der Waals surface area contributed by atoms with Gasteiger partial charge in [-0.05, 0) is 37.8 Å². The van der Waals surface area contributed by atoms with E-state index in [1.54, 1.807) is 5.38 Å². The molecule has 218 valence electrons. The zero-order chi connectivity index (χ0) is 28.4. The zero-order valence-corrected chi connectivity index (χ0v) is 24.1. The molecule has 1 N–H and O–H groups in total. The molecular weight excluding hydrogens is 573 g/mol. The van der Waals surface area contributed by atoms with E-state index in [2.05, 4.69) is 30.5 Å². The first kappa shape index (κ1) is 27.9. The average Bonchev–Trinajstić information content (AvgIpc) is 3.79. The fourth-order valence-electron chi connectivity index (χ4n) is 5.29. The number of piperazine rings is 1. The van der Waals surface area contributed by atoms with Gasteiger partial charge in [-0.25, -0.2) is 4.98 Å². The zero-order valence-electron chi connectivity index (χ0n) is 22.4. The lowest BCUT2D eigenvalue weighted by Gasteiger charge is -2.35. The quantitative estimate of drug-likeness (QED) is 0.350. The van der Waals surface area contributed by atoms with Crippen molar-refractivity contribution in [1.29, 1.82) is 0 Å². The first-order chi connectivity index (χ1) is 19.8. The largest absolute Gasteiger partial charge is 0.416 e. The van der Waals surface area contributed by atoms with Gasteiger partial charge in [0.2, 0.25) is 5.95 Å². The molecule has 3 aliphatic heterocycles. The molecule has 14 heteroatoms. The van der Waals surface area contributed by atoms with Crippen molar-refractivity contribution in [3.63, 3.8) is 0 Å². The van der Waals surface area contributed by atoms with Crippen LogP contribution in [0.2, 0.25) is 0 Å². The molecule has 0 saturated carbocycles. The van der Waals surface area contributed by atoms with Gasteiger partial charge in [0.25, 0.3) is 0 Å². The maximum atomic E-state index is 12.9. The summed E-state index contributed by atoms with van der Waals surface area (Å²) in [6.07, 6.45) is 0.315. The van der Waals surface area contributed by atoms with E-state index in [0.29, 0.717) is 42.6 Å². The monoisotopic (exact) mass is 604 g/mol. The number of halogens is 3. The van der Waals surface area contributed by atoms with Crippen molar-refractivity contribution < 1.29 is 18.0 Å². The van der Waals surface area contributed by atoms with Crippen LogP contribution in [0.5, 0.6) is 0 Å². The summed E-state index contributed by atoms with van der Waals surface area (Å²) in [5.74, 6) is 2.71. The predicted molar refractivity (Wildman–Crippen MR) is 158 cm³/mol. The highest BCUT2D eigenvalue weighted by molar-refractivity contribution is 8.14. The summed E-state index contributed by atoms with van der Waals surface area (Å²) < 4.78 is 41.5. The third-order valence-corrected chi connectivity index (χ3v) is 9.22. The van der Waals surface area contributed by atoms with Crippen molar-refractivity contribution in [2.24, 2.45) is 0 Å². The number of rotatable bonds is 6. The van der Waals surface area contributed by atoms with E-state index in [4.69, 9.17) is 9.97 Å². The van der Waals surface area contributed by atoms with E-state index in [1.165, 1.54) is 36.3 Å². The SMILES string of the molecule is O=C(SNc1nc(-c2ccc(C(F)(F)F)cc2)cs1)N1CCN(c2cc(N3CCCC3)nc(N3CCCC3)n2)CC1. The number of carbonyl (C=O) groups excluding carboxylic acids is 1. The second-order valence-electron chi connectivity index (χ2n) is 10.3. The molecule has 41 heavy (non-hydrogen) atoms. The first-order valence-electron chi connectivity index (χ1n) is 13.8. The Morgan fingerprint density at radius 2 is 1.39 bits per heavy atom. The van der Waals surface area contributed by atoms with Gasteiger partial charge in [0.1, 0.15) is 11.6 Å². The minimum absolute atomic E-state index is 0.103. The number of nitrogens with one attached hydrogen (secondary N) is 1. The Hall–Kier alpha value is -3.26. The number of alkyl halides is 3. The Bertz CT molecular complexity index is 1320. The Labute approximate surface area is 244 Å². The Morgan fingerprint density at radius 1 is 0.805 bits per heavy atom. The van der Waals surface area contributed by atoms with Gasteiger partial charge >= 0.3 is 11.4 Å². The van der Waals surface area contributed by atoms with Crippen LogP contribution in [0.4, 0.5) is 40.7 Å². The first-order valence-corrected chi connectivity index (χ1v) is 15.5. The molecular formula is C27H31F3N8OS2. The molecule has 6 rings (SSSR count). The predicted octanol–water partition coefficient (Wildman–Crippen LogP) is 5.82. The summed E-state index contributed by atoms with van der Waals surface area (Å²) in [7, 11) is 0. The third-order valence-electron chi connectivity index (χ3n) is 7.61. The Morgan fingerprint density at radius 3 is 2.00 bits per heavy atom. The van der Waals surface area contributed by atoms with Crippen LogP contribution in [0.1, 0.15) is 31.2 Å². The van der Waals surface area contributed by atoms with Crippen LogP contribution in [0.15, 0.2) is 35.7 Å². The molecule has 2 aromatic heterocycles. The summed E-state index contributed by atoms with van der Waals surface area (Å²) in [5, 5.41) is 2.17. The van der Waals surface area contributed by atoms with E-state index in [0.717, 1.165) is 80.7 Å². The van der Waals surface area contributed by atoms with E-state index < -0.39 is 11.7 Å². The van der Waals surface area contributed by atoms with Crippen LogP contribution in [-0.4, -0.2) is 77.4 Å². The van der Waals surface area contributed by atoms with Crippen LogP contribution in [0.25, 0.3) is 11.3 Å². The molecule has 3 aromatic rings. The number of nitrogens with zero attached hydrogens (tertiary/aromatic N) is 7. The molecule has 3 saturated heterocycles. The smallest absolute Gasteiger partial charge is 0.356 e. The molecule has 0 atom stereocenters. The van der Waals surface area contributed by atoms with Gasteiger partial charge in [0, 0.05) is 81.3 Å². The molecule has 0 radical (unpaired) electrons. The lowest BCUT2D eigenvalue weighted by atomic mass is 10.1. The van der Waals surface area contributed by atoms with E-state index in [1.807, 2.05) is 4.90 Å². The molecule has 1 amide bonds. The van der Waals surface area contributed by atoms with Crippen molar-refractivity contribution in [3.05, 3.63) is 41.3 Å². The van der Waals surface area contributed by atoms with Gasteiger partial charge in [0.05, 0.1) is 11.3 Å². The topological polar surface area (TPSA) is 80.7 Å². The minimum atomic E-state index is -4.38.